The molecule has 1 N–H and O–H groups in total. The van der Waals surface area contributed by atoms with Crippen LogP contribution in [-0.4, -0.2) is 77.9 Å². The first-order valence-electron chi connectivity index (χ1n) is 12.3. The number of likely N-dealkylation sites (tertiary alicyclic amines) is 1. The summed E-state index contributed by atoms with van der Waals surface area (Å²) < 4.78 is 0. The zero-order valence-electron chi connectivity index (χ0n) is 20.0. The fraction of sp³-hybridized carbons (Fsp3) is 0.481. The van der Waals surface area contributed by atoms with Crippen LogP contribution in [0.4, 0.5) is 0 Å². The summed E-state index contributed by atoms with van der Waals surface area (Å²) in [4.78, 5) is 32.1. The first-order valence-corrected chi connectivity index (χ1v) is 12.7. The van der Waals surface area contributed by atoms with Gasteiger partial charge in [0.2, 0.25) is 11.8 Å². The van der Waals surface area contributed by atoms with Gasteiger partial charge in [0.25, 0.3) is 0 Å². The number of rotatable bonds is 7. The molecule has 6 nitrogen and oxygen atoms in total. The molecule has 0 aliphatic carbocycles. The third-order valence-electron chi connectivity index (χ3n) is 7.08. The molecule has 2 aromatic carbocycles. The quantitative estimate of drug-likeness (QED) is 0.658. The summed E-state index contributed by atoms with van der Waals surface area (Å²) in [6.45, 7) is 7.63. The summed E-state index contributed by atoms with van der Waals surface area (Å²) in [5, 5.41) is 3.90. The number of nitrogens with one attached hydrogen (secondary N) is 1. The highest BCUT2D eigenvalue weighted by molar-refractivity contribution is 6.31. The molecule has 2 fully saturated rings. The van der Waals surface area contributed by atoms with Gasteiger partial charge in [0.15, 0.2) is 0 Å². The number of carbonyl (C=O) groups excluding carboxylic acids is 2. The molecule has 0 saturated carbocycles. The Kier molecular flexibility index (Phi) is 8.59. The van der Waals surface area contributed by atoms with Crippen molar-refractivity contribution in [3.05, 3.63) is 70.7 Å². The second-order valence-corrected chi connectivity index (χ2v) is 9.81. The molecular formula is C27H35ClN4O2. The lowest BCUT2D eigenvalue weighted by Crippen LogP contribution is -2.56. The average molecular weight is 483 g/mol. The van der Waals surface area contributed by atoms with Crippen LogP contribution >= 0.6 is 11.6 Å². The molecule has 2 aliphatic heterocycles. The molecule has 34 heavy (non-hydrogen) atoms. The SMILES string of the molecule is CC(C(=O)NC1CCN(Cc2ccccc2)CC1)N1CCN(C(=O)Cc2ccccc2Cl)CC1. The molecular weight excluding hydrogens is 448 g/mol. The van der Waals surface area contributed by atoms with Crippen LogP contribution in [0.5, 0.6) is 0 Å². The van der Waals surface area contributed by atoms with Gasteiger partial charge in [-0.05, 0) is 37.0 Å². The van der Waals surface area contributed by atoms with Gasteiger partial charge in [0.05, 0.1) is 12.5 Å². The lowest BCUT2D eigenvalue weighted by molar-refractivity contribution is -0.133. The van der Waals surface area contributed by atoms with E-state index < -0.39 is 0 Å². The van der Waals surface area contributed by atoms with E-state index in [-0.39, 0.29) is 23.9 Å². The fourth-order valence-corrected chi connectivity index (χ4v) is 5.04. The summed E-state index contributed by atoms with van der Waals surface area (Å²) in [5.41, 5.74) is 2.20. The minimum Gasteiger partial charge on any atom is -0.352 e. The van der Waals surface area contributed by atoms with E-state index in [9.17, 15) is 9.59 Å². The Labute approximate surface area is 207 Å². The first-order chi connectivity index (χ1) is 16.5. The van der Waals surface area contributed by atoms with Crippen LogP contribution in [0.3, 0.4) is 0 Å². The molecule has 1 atom stereocenters. The van der Waals surface area contributed by atoms with Gasteiger partial charge in [-0.15, -0.1) is 0 Å². The standard InChI is InChI=1S/C27H35ClN4O2/c1-21(27(34)29-24-11-13-30(14-12-24)20-22-7-3-2-4-8-22)31-15-17-32(18-16-31)26(33)19-23-9-5-6-10-25(23)28/h2-10,21,24H,11-20H2,1H3,(H,29,34). The zero-order chi connectivity index (χ0) is 23.9. The highest BCUT2D eigenvalue weighted by Gasteiger charge is 2.29. The third kappa shape index (κ3) is 6.59. The van der Waals surface area contributed by atoms with E-state index in [2.05, 4.69) is 39.4 Å². The second-order valence-electron chi connectivity index (χ2n) is 9.41. The summed E-state index contributed by atoms with van der Waals surface area (Å²) in [6, 6.07) is 18.1. The Bertz CT molecular complexity index is 954. The van der Waals surface area contributed by atoms with Gasteiger partial charge in [-0.3, -0.25) is 19.4 Å². The molecule has 182 valence electrons. The summed E-state index contributed by atoms with van der Waals surface area (Å²) in [6.07, 6.45) is 2.28. The zero-order valence-corrected chi connectivity index (χ0v) is 20.7. The molecule has 2 saturated heterocycles. The molecule has 2 amide bonds. The number of carbonyl (C=O) groups is 2. The molecule has 2 aliphatic rings. The van der Waals surface area contributed by atoms with E-state index >= 15 is 0 Å². The predicted octanol–water partition coefficient (Wildman–Crippen LogP) is 3.20. The minimum absolute atomic E-state index is 0.0899. The van der Waals surface area contributed by atoms with Crippen LogP contribution in [0.15, 0.2) is 54.6 Å². The predicted molar refractivity (Wildman–Crippen MR) is 136 cm³/mol. The maximum Gasteiger partial charge on any atom is 0.237 e. The van der Waals surface area contributed by atoms with Crippen LogP contribution in [0, 0.1) is 0 Å². The van der Waals surface area contributed by atoms with Crippen molar-refractivity contribution in [2.45, 2.75) is 44.8 Å². The van der Waals surface area contributed by atoms with Crippen molar-refractivity contribution in [3.63, 3.8) is 0 Å². The van der Waals surface area contributed by atoms with Gasteiger partial charge in [0, 0.05) is 56.9 Å². The van der Waals surface area contributed by atoms with Gasteiger partial charge in [-0.2, -0.15) is 0 Å². The number of piperazine rings is 1. The van der Waals surface area contributed by atoms with Gasteiger partial charge >= 0.3 is 0 Å². The second kappa shape index (κ2) is 11.8. The Morgan fingerprint density at radius 1 is 0.941 bits per heavy atom. The molecule has 0 aromatic heterocycles. The molecule has 7 heteroatoms. The number of amides is 2. The van der Waals surface area contributed by atoms with E-state index in [1.54, 1.807) is 0 Å². The lowest BCUT2D eigenvalue weighted by Gasteiger charge is -2.38. The molecule has 0 radical (unpaired) electrons. The van der Waals surface area contributed by atoms with Crippen molar-refractivity contribution >= 4 is 23.4 Å². The van der Waals surface area contributed by atoms with Crippen LogP contribution in [0.2, 0.25) is 5.02 Å². The lowest BCUT2D eigenvalue weighted by atomic mass is 10.0. The Morgan fingerprint density at radius 3 is 2.26 bits per heavy atom. The number of hydrogen-bond acceptors (Lipinski definition) is 4. The topological polar surface area (TPSA) is 55.9 Å². The van der Waals surface area contributed by atoms with E-state index in [0.717, 1.165) is 38.0 Å². The molecule has 4 rings (SSSR count). The van der Waals surface area contributed by atoms with Crippen molar-refractivity contribution in [2.24, 2.45) is 0 Å². The van der Waals surface area contributed by atoms with E-state index in [4.69, 9.17) is 11.6 Å². The van der Waals surface area contributed by atoms with Crippen molar-refractivity contribution in [2.75, 3.05) is 39.3 Å². The third-order valence-corrected chi connectivity index (χ3v) is 7.45. The summed E-state index contributed by atoms with van der Waals surface area (Å²) >= 11 is 6.21. The Morgan fingerprint density at radius 2 is 1.59 bits per heavy atom. The number of benzene rings is 2. The Balaban J connectivity index is 1.18. The normalized spacial score (nSPS) is 19.1. The molecule has 0 bridgehead atoms. The van der Waals surface area contributed by atoms with Gasteiger partial charge in [0.1, 0.15) is 0 Å². The number of nitrogens with zero attached hydrogens (tertiary/aromatic N) is 3. The van der Waals surface area contributed by atoms with Crippen molar-refractivity contribution < 1.29 is 9.59 Å². The number of piperidine rings is 1. The van der Waals surface area contributed by atoms with Crippen molar-refractivity contribution in [3.8, 4) is 0 Å². The van der Waals surface area contributed by atoms with Gasteiger partial charge < -0.3 is 10.2 Å². The maximum absolute atomic E-state index is 12.9. The van der Waals surface area contributed by atoms with Crippen LogP contribution in [0.25, 0.3) is 0 Å². The van der Waals surface area contributed by atoms with Crippen molar-refractivity contribution in [1.82, 2.24) is 20.0 Å². The summed E-state index contributed by atoms with van der Waals surface area (Å²) in [5.74, 6) is 0.185. The van der Waals surface area contributed by atoms with Crippen LogP contribution < -0.4 is 5.32 Å². The average Bonchev–Trinajstić information content (AvgIpc) is 2.87. The van der Waals surface area contributed by atoms with Crippen molar-refractivity contribution in [1.29, 1.82) is 0 Å². The monoisotopic (exact) mass is 482 g/mol. The molecule has 2 aromatic rings. The van der Waals surface area contributed by atoms with E-state index in [0.29, 0.717) is 37.6 Å². The fourth-order valence-electron chi connectivity index (χ4n) is 4.84. The highest BCUT2D eigenvalue weighted by atomic mass is 35.5. The maximum atomic E-state index is 12.9. The van der Waals surface area contributed by atoms with Crippen LogP contribution in [0.1, 0.15) is 30.9 Å². The number of hydrogen-bond donors (Lipinski definition) is 1. The van der Waals surface area contributed by atoms with Gasteiger partial charge in [-0.1, -0.05) is 60.1 Å². The largest absolute Gasteiger partial charge is 0.352 e. The first kappa shape index (κ1) is 24.7. The number of halogens is 1. The molecule has 0 spiro atoms. The van der Waals surface area contributed by atoms with Crippen LogP contribution in [-0.2, 0) is 22.6 Å². The van der Waals surface area contributed by atoms with E-state index in [1.807, 2.05) is 42.2 Å². The minimum atomic E-state index is -0.192. The molecule has 1 unspecified atom stereocenters. The van der Waals surface area contributed by atoms with E-state index in [1.165, 1.54) is 5.56 Å². The summed E-state index contributed by atoms with van der Waals surface area (Å²) in [7, 11) is 0. The smallest absolute Gasteiger partial charge is 0.237 e. The Hall–Kier alpha value is -2.41. The molecule has 2 heterocycles. The highest BCUT2D eigenvalue weighted by Crippen LogP contribution is 2.18. The van der Waals surface area contributed by atoms with Gasteiger partial charge in [-0.25, -0.2) is 0 Å².